The highest BCUT2D eigenvalue weighted by Crippen LogP contribution is 2.33. The Morgan fingerprint density at radius 3 is 2.38 bits per heavy atom. The van der Waals surface area contributed by atoms with Gasteiger partial charge in [0.2, 0.25) is 12.2 Å². The topological polar surface area (TPSA) is 58.9 Å². The smallest absolute Gasteiger partial charge is 0.211 e. The van der Waals surface area contributed by atoms with Crippen molar-refractivity contribution in [2.24, 2.45) is 21.8 Å². The Morgan fingerprint density at radius 2 is 1.69 bits per heavy atom. The molecule has 0 aromatic carbocycles. The maximum absolute atomic E-state index is 10.1. The summed E-state index contributed by atoms with van der Waals surface area (Å²) in [5.74, 6) is 1.16. The van der Waals surface area contributed by atoms with Crippen LogP contribution in [0.1, 0.15) is 38.5 Å². The molecule has 88 valence electrons. The molecule has 0 bridgehead atoms. The Bertz CT molecular complexity index is 291. The van der Waals surface area contributed by atoms with Gasteiger partial charge in [-0.05, 0) is 31.1 Å². The van der Waals surface area contributed by atoms with Crippen molar-refractivity contribution in [3.63, 3.8) is 0 Å². The van der Waals surface area contributed by atoms with Gasteiger partial charge in [-0.15, -0.1) is 0 Å². The molecule has 0 radical (unpaired) electrons. The van der Waals surface area contributed by atoms with E-state index in [9.17, 15) is 9.59 Å². The number of rotatable bonds is 6. The van der Waals surface area contributed by atoms with Crippen LogP contribution in [0.15, 0.2) is 9.98 Å². The predicted octanol–water partition coefficient (Wildman–Crippen LogP) is 2.24. The number of carbonyl (C=O) groups excluding carboxylic acids is 2. The molecule has 0 aromatic heterocycles. The van der Waals surface area contributed by atoms with Crippen molar-refractivity contribution in [3.8, 4) is 0 Å². The molecule has 1 aliphatic carbocycles. The van der Waals surface area contributed by atoms with E-state index in [4.69, 9.17) is 0 Å². The summed E-state index contributed by atoms with van der Waals surface area (Å²) in [5.41, 5.74) is 0. The van der Waals surface area contributed by atoms with Gasteiger partial charge in [-0.1, -0.05) is 19.3 Å². The largest absolute Gasteiger partial charge is 0.234 e. The lowest BCUT2D eigenvalue weighted by Crippen LogP contribution is -2.22. The van der Waals surface area contributed by atoms with E-state index in [0.717, 1.165) is 19.3 Å². The van der Waals surface area contributed by atoms with Crippen LogP contribution in [0.2, 0.25) is 0 Å². The molecule has 1 rings (SSSR count). The molecule has 0 N–H and O–H groups in total. The fourth-order valence-electron chi connectivity index (χ4n) is 2.54. The van der Waals surface area contributed by atoms with E-state index in [-0.39, 0.29) is 0 Å². The fourth-order valence-corrected chi connectivity index (χ4v) is 2.54. The zero-order chi connectivity index (χ0) is 11.6. The molecule has 1 aliphatic rings. The third kappa shape index (κ3) is 4.52. The van der Waals surface area contributed by atoms with Gasteiger partial charge in [0.1, 0.15) is 0 Å². The van der Waals surface area contributed by atoms with Gasteiger partial charge in [0.05, 0.1) is 13.1 Å². The zero-order valence-corrected chi connectivity index (χ0v) is 9.52. The van der Waals surface area contributed by atoms with Gasteiger partial charge in [-0.2, -0.15) is 0 Å². The molecule has 0 spiro atoms. The molecule has 2 atom stereocenters. The van der Waals surface area contributed by atoms with Crippen molar-refractivity contribution in [2.45, 2.75) is 38.5 Å². The molecule has 2 unspecified atom stereocenters. The van der Waals surface area contributed by atoms with Gasteiger partial charge in [0.15, 0.2) is 0 Å². The summed E-state index contributed by atoms with van der Waals surface area (Å²) >= 11 is 0. The minimum atomic E-state index is 0.524. The van der Waals surface area contributed by atoms with Crippen LogP contribution >= 0.6 is 0 Å². The summed E-state index contributed by atoms with van der Waals surface area (Å²) in [6.45, 7) is 1.19. The van der Waals surface area contributed by atoms with Crippen molar-refractivity contribution in [1.82, 2.24) is 0 Å². The number of hydrogen-bond donors (Lipinski definition) is 0. The lowest BCUT2D eigenvalue weighted by atomic mass is 9.77. The second-order valence-corrected chi connectivity index (χ2v) is 4.35. The molecule has 0 saturated heterocycles. The first-order valence-electron chi connectivity index (χ1n) is 5.95. The summed E-state index contributed by atoms with van der Waals surface area (Å²) in [5, 5.41) is 0. The molecule has 4 heteroatoms. The number of nitrogens with zero attached hydrogens (tertiary/aromatic N) is 2. The van der Waals surface area contributed by atoms with Crippen molar-refractivity contribution in [2.75, 3.05) is 13.1 Å². The van der Waals surface area contributed by atoms with E-state index in [2.05, 4.69) is 9.98 Å². The van der Waals surface area contributed by atoms with Crippen LogP contribution in [0.3, 0.4) is 0 Å². The second kappa shape index (κ2) is 7.98. The third-order valence-corrected chi connectivity index (χ3v) is 3.37. The summed E-state index contributed by atoms with van der Waals surface area (Å²) in [6, 6.07) is 0. The molecular formula is C12H18N2O2. The Balaban J connectivity index is 2.33. The number of isocyanates is 2. The predicted molar refractivity (Wildman–Crippen MR) is 60.7 cm³/mol. The molecule has 4 nitrogen and oxygen atoms in total. The van der Waals surface area contributed by atoms with E-state index in [1.165, 1.54) is 19.3 Å². The van der Waals surface area contributed by atoms with E-state index >= 15 is 0 Å². The summed E-state index contributed by atoms with van der Waals surface area (Å²) in [7, 11) is 0. The van der Waals surface area contributed by atoms with Gasteiger partial charge in [-0.3, -0.25) is 0 Å². The standard InChI is InChI=1S/C12H18N2O2/c15-9-13-7-3-6-11-4-1-2-5-12(11)8-14-10-16/h11-12H,1-8H2. The van der Waals surface area contributed by atoms with E-state index in [1.54, 1.807) is 12.2 Å². The van der Waals surface area contributed by atoms with Crippen LogP contribution in [-0.4, -0.2) is 25.2 Å². The molecular weight excluding hydrogens is 204 g/mol. The zero-order valence-electron chi connectivity index (χ0n) is 9.52. The van der Waals surface area contributed by atoms with Gasteiger partial charge in [0.25, 0.3) is 0 Å². The average Bonchev–Trinajstić information content (AvgIpc) is 2.33. The average molecular weight is 222 g/mol. The summed E-state index contributed by atoms with van der Waals surface area (Å²) < 4.78 is 0. The molecule has 0 aromatic rings. The highest BCUT2D eigenvalue weighted by Gasteiger charge is 2.24. The van der Waals surface area contributed by atoms with Crippen molar-refractivity contribution in [3.05, 3.63) is 0 Å². The molecule has 0 heterocycles. The fraction of sp³-hybridized carbons (Fsp3) is 0.833. The number of aliphatic imine (C=N–C) groups is 2. The minimum Gasteiger partial charge on any atom is -0.211 e. The Kier molecular flexibility index (Phi) is 6.39. The van der Waals surface area contributed by atoms with Gasteiger partial charge >= 0.3 is 0 Å². The first-order valence-corrected chi connectivity index (χ1v) is 5.95. The van der Waals surface area contributed by atoms with Crippen LogP contribution in [0.25, 0.3) is 0 Å². The van der Waals surface area contributed by atoms with Crippen LogP contribution in [0, 0.1) is 11.8 Å². The Morgan fingerprint density at radius 1 is 1.00 bits per heavy atom. The Hall–Kier alpha value is -1.24. The minimum absolute atomic E-state index is 0.524. The van der Waals surface area contributed by atoms with Crippen LogP contribution in [0.4, 0.5) is 0 Å². The van der Waals surface area contributed by atoms with Crippen molar-refractivity contribution in [1.29, 1.82) is 0 Å². The first kappa shape index (κ1) is 12.8. The summed E-state index contributed by atoms with van der Waals surface area (Å²) in [4.78, 5) is 27.3. The first-order chi connectivity index (χ1) is 7.88. The Labute approximate surface area is 95.9 Å². The lowest BCUT2D eigenvalue weighted by molar-refractivity contribution is 0.228. The normalized spacial score (nSPS) is 24.2. The monoisotopic (exact) mass is 222 g/mol. The maximum atomic E-state index is 10.1. The van der Waals surface area contributed by atoms with E-state index < -0.39 is 0 Å². The third-order valence-electron chi connectivity index (χ3n) is 3.37. The van der Waals surface area contributed by atoms with Crippen LogP contribution in [-0.2, 0) is 9.59 Å². The molecule has 1 fully saturated rings. The van der Waals surface area contributed by atoms with Crippen molar-refractivity contribution < 1.29 is 9.59 Å². The molecule has 0 aliphatic heterocycles. The highest BCUT2D eigenvalue weighted by atomic mass is 16.1. The second-order valence-electron chi connectivity index (χ2n) is 4.35. The van der Waals surface area contributed by atoms with Crippen LogP contribution in [0.5, 0.6) is 0 Å². The molecule has 1 saturated carbocycles. The van der Waals surface area contributed by atoms with E-state index in [0.29, 0.717) is 24.9 Å². The SMILES string of the molecule is O=C=NCCCC1CCCCC1CN=C=O. The molecule has 0 amide bonds. The van der Waals surface area contributed by atoms with Crippen molar-refractivity contribution >= 4 is 12.2 Å². The van der Waals surface area contributed by atoms with E-state index in [1.807, 2.05) is 0 Å². The lowest BCUT2D eigenvalue weighted by Gasteiger charge is -2.30. The molecule has 16 heavy (non-hydrogen) atoms. The number of hydrogen-bond acceptors (Lipinski definition) is 4. The van der Waals surface area contributed by atoms with Gasteiger partial charge < -0.3 is 0 Å². The maximum Gasteiger partial charge on any atom is 0.234 e. The highest BCUT2D eigenvalue weighted by molar-refractivity contribution is 5.33. The van der Waals surface area contributed by atoms with Gasteiger partial charge in [-0.25, -0.2) is 19.6 Å². The van der Waals surface area contributed by atoms with Crippen LogP contribution < -0.4 is 0 Å². The summed E-state index contributed by atoms with van der Waals surface area (Å²) in [6.07, 6.45) is 10.1. The van der Waals surface area contributed by atoms with Gasteiger partial charge in [0, 0.05) is 0 Å². The quantitative estimate of drug-likeness (QED) is 0.393.